The van der Waals surface area contributed by atoms with Crippen molar-refractivity contribution in [1.82, 2.24) is 9.78 Å². The summed E-state index contributed by atoms with van der Waals surface area (Å²) in [6.07, 6.45) is 0. The van der Waals surface area contributed by atoms with E-state index in [1.807, 2.05) is 26.8 Å². The molecule has 0 saturated heterocycles. The topological polar surface area (TPSA) is 70.1 Å². The Balaban J connectivity index is 2.63. The van der Waals surface area contributed by atoms with E-state index in [2.05, 4.69) is 5.10 Å². The molecule has 0 aliphatic rings. The largest absolute Gasteiger partial charge is 0.465 e. The number of carbonyl (C=O) groups is 1. The van der Waals surface area contributed by atoms with E-state index in [1.54, 1.807) is 16.8 Å². The fourth-order valence-corrected chi connectivity index (χ4v) is 1.98. The predicted octanol–water partition coefficient (Wildman–Crippen LogP) is 2.17. The Morgan fingerprint density at radius 3 is 2.53 bits per heavy atom. The lowest BCUT2D eigenvalue weighted by Crippen LogP contribution is -2.10. The highest BCUT2D eigenvalue weighted by atomic mass is 16.5. The number of rotatable bonds is 2. The van der Waals surface area contributed by atoms with Crippen LogP contribution in [0.2, 0.25) is 0 Å². The fourth-order valence-electron chi connectivity index (χ4n) is 1.98. The molecule has 5 nitrogen and oxygen atoms in total. The van der Waals surface area contributed by atoms with Crippen molar-refractivity contribution in [3.63, 3.8) is 0 Å². The molecule has 2 N–H and O–H groups in total. The molecule has 0 atom stereocenters. The van der Waals surface area contributed by atoms with Crippen molar-refractivity contribution in [3.05, 3.63) is 40.7 Å². The number of aryl methyl sites for hydroxylation is 1. The summed E-state index contributed by atoms with van der Waals surface area (Å²) in [6.45, 7) is 5.92. The van der Waals surface area contributed by atoms with Gasteiger partial charge in [-0.2, -0.15) is 5.10 Å². The van der Waals surface area contributed by atoms with Crippen LogP contribution >= 0.6 is 0 Å². The molecule has 0 aliphatic carbocycles. The minimum atomic E-state index is -0.447. The maximum absolute atomic E-state index is 11.6. The SMILES string of the molecule is COC(=O)c1cccc(-n2nc(C)c(C)c2C)c1N. The standard InChI is InChI=1S/C14H17N3O2/c1-8-9(2)16-17(10(8)3)12-7-5-6-11(13(12)15)14(18)19-4/h5-7H,15H2,1-4H3. The highest BCUT2D eigenvalue weighted by molar-refractivity contribution is 5.97. The fraction of sp³-hybridized carbons (Fsp3) is 0.286. The smallest absolute Gasteiger partial charge is 0.340 e. The minimum absolute atomic E-state index is 0.352. The van der Waals surface area contributed by atoms with E-state index < -0.39 is 5.97 Å². The summed E-state index contributed by atoms with van der Waals surface area (Å²) >= 11 is 0. The zero-order valence-corrected chi connectivity index (χ0v) is 11.5. The van der Waals surface area contributed by atoms with E-state index in [-0.39, 0.29) is 0 Å². The molecular formula is C14H17N3O2. The van der Waals surface area contributed by atoms with Gasteiger partial charge in [0, 0.05) is 5.69 Å². The number of nitrogen functional groups attached to an aromatic ring is 1. The van der Waals surface area contributed by atoms with Crippen molar-refractivity contribution < 1.29 is 9.53 Å². The highest BCUT2D eigenvalue weighted by Gasteiger charge is 2.16. The van der Waals surface area contributed by atoms with Crippen LogP contribution in [0.4, 0.5) is 5.69 Å². The Morgan fingerprint density at radius 1 is 1.32 bits per heavy atom. The molecule has 0 bridgehead atoms. The van der Waals surface area contributed by atoms with Crippen LogP contribution in [-0.2, 0) is 4.74 Å². The van der Waals surface area contributed by atoms with Crippen LogP contribution in [0, 0.1) is 20.8 Å². The summed E-state index contributed by atoms with van der Waals surface area (Å²) in [5.74, 6) is -0.447. The summed E-state index contributed by atoms with van der Waals surface area (Å²) < 4.78 is 6.47. The van der Waals surface area contributed by atoms with Crippen LogP contribution in [0.1, 0.15) is 27.3 Å². The van der Waals surface area contributed by atoms with Gasteiger partial charge in [-0.05, 0) is 38.5 Å². The maximum Gasteiger partial charge on any atom is 0.340 e. The number of nitrogens with two attached hydrogens (primary N) is 1. The molecule has 1 aromatic carbocycles. The van der Waals surface area contributed by atoms with Crippen LogP contribution in [0.15, 0.2) is 18.2 Å². The van der Waals surface area contributed by atoms with Gasteiger partial charge in [0.2, 0.25) is 0 Å². The van der Waals surface area contributed by atoms with Crippen molar-refractivity contribution in [1.29, 1.82) is 0 Å². The molecule has 100 valence electrons. The van der Waals surface area contributed by atoms with Gasteiger partial charge >= 0.3 is 5.97 Å². The Kier molecular flexibility index (Phi) is 3.29. The van der Waals surface area contributed by atoms with Crippen LogP contribution < -0.4 is 5.73 Å². The quantitative estimate of drug-likeness (QED) is 0.662. The summed E-state index contributed by atoms with van der Waals surface area (Å²) in [7, 11) is 1.34. The third kappa shape index (κ3) is 2.07. The summed E-state index contributed by atoms with van der Waals surface area (Å²) in [5.41, 5.74) is 10.5. The monoisotopic (exact) mass is 259 g/mol. The van der Waals surface area contributed by atoms with Crippen LogP contribution in [0.25, 0.3) is 5.69 Å². The molecular weight excluding hydrogens is 242 g/mol. The van der Waals surface area contributed by atoms with Gasteiger partial charge in [0.25, 0.3) is 0 Å². The van der Waals surface area contributed by atoms with E-state index in [0.29, 0.717) is 16.9 Å². The van der Waals surface area contributed by atoms with Gasteiger partial charge in [-0.25, -0.2) is 9.48 Å². The second-order valence-electron chi connectivity index (χ2n) is 4.44. The number of carbonyl (C=O) groups excluding carboxylic acids is 1. The number of aromatic nitrogens is 2. The molecule has 0 saturated carbocycles. The summed E-state index contributed by atoms with van der Waals surface area (Å²) in [4.78, 5) is 11.6. The molecule has 0 amide bonds. The summed E-state index contributed by atoms with van der Waals surface area (Å²) in [6, 6.07) is 5.24. The second kappa shape index (κ2) is 4.76. The van der Waals surface area contributed by atoms with Crippen molar-refractivity contribution in [2.75, 3.05) is 12.8 Å². The average molecular weight is 259 g/mol. The first-order valence-electron chi connectivity index (χ1n) is 5.97. The van der Waals surface area contributed by atoms with Gasteiger partial charge in [-0.15, -0.1) is 0 Å². The van der Waals surface area contributed by atoms with Crippen molar-refractivity contribution in [3.8, 4) is 5.69 Å². The Bertz CT molecular complexity index is 644. The molecule has 0 unspecified atom stereocenters. The van der Waals surface area contributed by atoms with Crippen molar-refractivity contribution >= 4 is 11.7 Å². The maximum atomic E-state index is 11.6. The first-order chi connectivity index (χ1) is 8.97. The normalized spacial score (nSPS) is 10.5. The van der Waals surface area contributed by atoms with E-state index in [0.717, 1.165) is 17.0 Å². The first kappa shape index (κ1) is 13.1. The van der Waals surface area contributed by atoms with Crippen molar-refractivity contribution in [2.24, 2.45) is 0 Å². The van der Waals surface area contributed by atoms with Gasteiger partial charge in [-0.1, -0.05) is 6.07 Å². The lowest BCUT2D eigenvalue weighted by molar-refractivity contribution is 0.0602. The van der Waals surface area contributed by atoms with Crippen LogP contribution in [-0.4, -0.2) is 22.9 Å². The van der Waals surface area contributed by atoms with Gasteiger partial charge in [-0.3, -0.25) is 0 Å². The van der Waals surface area contributed by atoms with E-state index in [4.69, 9.17) is 10.5 Å². The number of nitrogens with zero attached hydrogens (tertiary/aromatic N) is 2. The molecule has 1 heterocycles. The molecule has 0 fully saturated rings. The molecule has 1 aromatic heterocycles. The van der Waals surface area contributed by atoms with Gasteiger partial charge in [0.1, 0.15) is 0 Å². The van der Waals surface area contributed by atoms with E-state index in [1.165, 1.54) is 7.11 Å². The summed E-state index contributed by atoms with van der Waals surface area (Å²) in [5, 5.41) is 4.45. The molecule has 5 heteroatoms. The van der Waals surface area contributed by atoms with E-state index in [9.17, 15) is 4.79 Å². The molecule has 0 aliphatic heterocycles. The number of benzene rings is 1. The number of para-hydroxylation sites is 1. The average Bonchev–Trinajstić information content (AvgIpc) is 2.66. The minimum Gasteiger partial charge on any atom is -0.465 e. The second-order valence-corrected chi connectivity index (χ2v) is 4.44. The van der Waals surface area contributed by atoms with Crippen molar-refractivity contribution in [2.45, 2.75) is 20.8 Å². The Morgan fingerprint density at radius 2 is 2.00 bits per heavy atom. The molecule has 0 radical (unpaired) electrons. The predicted molar refractivity (Wildman–Crippen MR) is 73.5 cm³/mol. The zero-order valence-electron chi connectivity index (χ0n) is 11.5. The number of ether oxygens (including phenoxy) is 1. The Hall–Kier alpha value is -2.30. The Labute approximate surface area is 112 Å². The molecule has 19 heavy (non-hydrogen) atoms. The zero-order chi connectivity index (χ0) is 14.2. The van der Waals surface area contributed by atoms with Gasteiger partial charge < -0.3 is 10.5 Å². The number of hydrogen-bond acceptors (Lipinski definition) is 4. The van der Waals surface area contributed by atoms with E-state index >= 15 is 0 Å². The van der Waals surface area contributed by atoms with Crippen LogP contribution in [0.5, 0.6) is 0 Å². The number of anilines is 1. The third-order valence-electron chi connectivity index (χ3n) is 3.37. The lowest BCUT2D eigenvalue weighted by atomic mass is 10.1. The molecule has 0 spiro atoms. The first-order valence-corrected chi connectivity index (χ1v) is 5.97. The number of esters is 1. The molecule has 2 aromatic rings. The number of hydrogen-bond donors (Lipinski definition) is 1. The van der Waals surface area contributed by atoms with Crippen LogP contribution in [0.3, 0.4) is 0 Å². The van der Waals surface area contributed by atoms with Gasteiger partial charge in [0.05, 0.1) is 29.7 Å². The number of methoxy groups -OCH3 is 1. The third-order valence-corrected chi connectivity index (χ3v) is 3.37. The highest BCUT2D eigenvalue weighted by Crippen LogP contribution is 2.25. The molecule has 2 rings (SSSR count). The van der Waals surface area contributed by atoms with Gasteiger partial charge in [0.15, 0.2) is 0 Å². The lowest BCUT2D eigenvalue weighted by Gasteiger charge is -2.11.